The van der Waals surface area contributed by atoms with Gasteiger partial charge < -0.3 is 10.2 Å². The molecule has 0 saturated heterocycles. The van der Waals surface area contributed by atoms with Crippen LogP contribution in [0.15, 0.2) is 89.8 Å². The van der Waals surface area contributed by atoms with E-state index < -0.39 is 28.5 Å². The van der Waals surface area contributed by atoms with Crippen molar-refractivity contribution in [2.24, 2.45) is 0 Å². The second kappa shape index (κ2) is 13.7. The van der Waals surface area contributed by atoms with Crippen LogP contribution in [0.4, 0.5) is 5.69 Å². The molecule has 0 aliphatic heterocycles. The fraction of sp³-hybridized carbons (Fsp3) is 0.310. The van der Waals surface area contributed by atoms with Crippen molar-refractivity contribution in [3.8, 4) is 0 Å². The highest BCUT2D eigenvalue weighted by molar-refractivity contribution is 14.1. The van der Waals surface area contributed by atoms with Crippen molar-refractivity contribution in [3.63, 3.8) is 0 Å². The zero-order valence-electron chi connectivity index (χ0n) is 21.9. The number of nitrogens with zero attached hydrogens (tertiary/aromatic N) is 2. The van der Waals surface area contributed by atoms with Crippen LogP contribution in [0, 0.1) is 3.57 Å². The summed E-state index contributed by atoms with van der Waals surface area (Å²) in [5.74, 6) is -0.712. The number of carbonyl (C=O) groups is 2. The molecule has 0 saturated carbocycles. The molecule has 0 radical (unpaired) electrons. The number of hydrogen-bond donors (Lipinski definition) is 1. The van der Waals surface area contributed by atoms with Gasteiger partial charge in [-0.3, -0.25) is 13.9 Å². The molecule has 3 aromatic rings. The summed E-state index contributed by atoms with van der Waals surface area (Å²) in [7, 11) is -4.06. The van der Waals surface area contributed by atoms with Crippen molar-refractivity contribution >= 4 is 50.1 Å². The number of anilines is 1. The van der Waals surface area contributed by atoms with Crippen molar-refractivity contribution < 1.29 is 18.0 Å². The molecule has 3 rings (SSSR count). The maximum atomic E-state index is 14.0. The third kappa shape index (κ3) is 7.57. The van der Waals surface area contributed by atoms with Gasteiger partial charge in [0.1, 0.15) is 12.6 Å². The van der Waals surface area contributed by atoms with E-state index in [1.54, 1.807) is 42.5 Å². The predicted octanol–water partition coefficient (Wildman–Crippen LogP) is 5.21. The number of rotatable bonds is 12. The molecular weight excluding hydrogens is 613 g/mol. The van der Waals surface area contributed by atoms with Gasteiger partial charge in [-0.15, -0.1) is 0 Å². The lowest BCUT2D eigenvalue weighted by Crippen LogP contribution is -2.53. The Morgan fingerprint density at radius 2 is 1.45 bits per heavy atom. The van der Waals surface area contributed by atoms with E-state index in [9.17, 15) is 18.0 Å². The van der Waals surface area contributed by atoms with Crippen LogP contribution in [-0.4, -0.2) is 43.8 Å². The Balaban J connectivity index is 2.02. The molecule has 0 unspecified atom stereocenters. The second-order valence-electron chi connectivity index (χ2n) is 9.05. The summed E-state index contributed by atoms with van der Waals surface area (Å²) in [6.45, 7) is 5.48. The van der Waals surface area contributed by atoms with Gasteiger partial charge in [-0.1, -0.05) is 62.4 Å². The van der Waals surface area contributed by atoms with Gasteiger partial charge in [-0.2, -0.15) is 0 Å². The standard InChI is InChI=1S/C29H34IN3O4S/c1-4-22(3)31-29(35)27(5-2)32(20-23-12-8-6-9-13-23)28(34)21-33(25-18-16-24(30)17-19-25)38(36,37)26-14-10-7-11-15-26/h6-19,22,27H,4-5,20-21H2,1-3H3,(H,31,35)/t22-,27+/m0/s1. The lowest BCUT2D eigenvalue weighted by molar-refractivity contribution is -0.140. The number of nitrogens with one attached hydrogen (secondary N) is 1. The quantitative estimate of drug-likeness (QED) is 0.274. The highest BCUT2D eigenvalue weighted by Crippen LogP contribution is 2.25. The molecule has 2 amide bonds. The SMILES string of the molecule is CC[C@H](C(=O)N[C@@H](C)CC)N(Cc1ccccc1)C(=O)CN(c1ccc(I)cc1)S(=O)(=O)c1ccccc1. The van der Waals surface area contributed by atoms with E-state index >= 15 is 0 Å². The third-order valence-corrected chi connectivity index (χ3v) is 8.81. The van der Waals surface area contributed by atoms with Crippen LogP contribution < -0.4 is 9.62 Å². The Bertz CT molecular complexity index is 1300. The van der Waals surface area contributed by atoms with E-state index in [1.807, 2.05) is 51.1 Å². The molecule has 0 aliphatic rings. The first-order chi connectivity index (χ1) is 18.2. The number of sulfonamides is 1. The maximum Gasteiger partial charge on any atom is 0.264 e. The van der Waals surface area contributed by atoms with Crippen LogP contribution in [0.1, 0.15) is 39.2 Å². The van der Waals surface area contributed by atoms with Crippen LogP contribution in [-0.2, 0) is 26.2 Å². The van der Waals surface area contributed by atoms with Gasteiger partial charge in [0.2, 0.25) is 11.8 Å². The minimum absolute atomic E-state index is 0.0491. The molecule has 9 heteroatoms. The number of carbonyl (C=O) groups excluding carboxylic acids is 2. The average Bonchev–Trinajstić information content (AvgIpc) is 2.93. The summed E-state index contributed by atoms with van der Waals surface area (Å²) in [5.41, 5.74) is 1.22. The maximum absolute atomic E-state index is 14.0. The summed E-state index contributed by atoms with van der Waals surface area (Å²) in [6.07, 6.45) is 1.14. The van der Waals surface area contributed by atoms with Crippen molar-refractivity contribution in [2.45, 2.75) is 57.1 Å². The van der Waals surface area contributed by atoms with Gasteiger partial charge in [0.15, 0.2) is 0 Å². The molecule has 0 heterocycles. The summed E-state index contributed by atoms with van der Waals surface area (Å²) in [5, 5.41) is 2.98. The van der Waals surface area contributed by atoms with Gasteiger partial charge in [0.25, 0.3) is 10.0 Å². The van der Waals surface area contributed by atoms with Crippen LogP contribution >= 0.6 is 22.6 Å². The lowest BCUT2D eigenvalue weighted by atomic mass is 10.1. The Morgan fingerprint density at radius 1 is 0.868 bits per heavy atom. The molecule has 0 aliphatic carbocycles. The van der Waals surface area contributed by atoms with Gasteiger partial charge in [-0.25, -0.2) is 8.42 Å². The third-order valence-electron chi connectivity index (χ3n) is 6.31. The Kier molecular flexibility index (Phi) is 10.7. The monoisotopic (exact) mass is 647 g/mol. The van der Waals surface area contributed by atoms with E-state index in [0.717, 1.165) is 19.9 Å². The van der Waals surface area contributed by atoms with E-state index in [0.29, 0.717) is 12.1 Å². The molecule has 38 heavy (non-hydrogen) atoms. The van der Waals surface area contributed by atoms with Crippen molar-refractivity contribution in [2.75, 3.05) is 10.8 Å². The second-order valence-corrected chi connectivity index (χ2v) is 12.2. The van der Waals surface area contributed by atoms with Crippen LogP contribution in [0.2, 0.25) is 0 Å². The Morgan fingerprint density at radius 3 is 2.00 bits per heavy atom. The average molecular weight is 648 g/mol. The van der Waals surface area contributed by atoms with Crippen LogP contribution in [0.3, 0.4) is 0 Å². The number of amides is 2. The molecule has 1 N–H and O–H groups in total. The lowest BCUT2D eigenvalue weighted by Gasteiger charge is -2.33. The fourth-order valence-corrected chi connectivity index (χ4v) is 5.79. The summed E-state index contributed by atoms with van der Waals surface area (Å²) >= 11 is 2.15. The molecular formula is C29H34IN3O4S. The summed E-state index contributed by atoms with van der Waals surface area (Å²) in [6, 6.07) is 23.6. The predicted molar refractivity (Wildman–Crippen MR) is 159 cm³/mol. The minimum Gasteiger partial charge on any atom is -0.352 e. The fourth-order valence-electron chi connectivity index (χ4n) is 4.00. The highest BCUT2D eigenvalue weighted by Gasteiger charge is 2.33. The number of benzene rings is 3. The van der Waals surface area contributed by atoms with Crippen molar-refractivity contribution in [3.05, 3.63) is 94.1 Å². The number of hydrogen-bond acceptors (Lipinski definition) is 4. The smallest absolute Gasteiger partial charge is 0.264 e. The molecule has 202 valence electrons. The van der Waals surface area contributed by atoms with Gasteiger partial charge >= 0.3 is 0 Å². The zero-order chi connectivity index (χ0) is 27.7. The Labute approximate surface area is 239 Å². The zero-order valence-corrected chi connectivity index (χ0v) is 24.9. The molecule has 0 fully saturated rings. The van der Waals surface area contributed by atoms with Crippen molar-refractivity contribution in [1.82, 2.24) is 10.2 Å². The normalized spacial score (nSPS) is 12.8. The van der Waals surface area contributed by atoms with Crippen molar-refractivity contribution in [1.29, 1.82) is 0 Å². The Hall–Kier alpha value is -2.92. The van der Waals surface area contributed by atoms with E-state index in [2.05, 4.69) is 27.9 Å². The highest BCUT2D eigenvalue weighted by atomic mass is 127. The molecule has 3 aromatic carbocycles. The number of halogens is 1. The van der Waals surface area contributed by atoms with E-state index in [4.69, 9.17) is 0 Å². The van der Waals surface area contributed by atoms with E-state index in [-0.39, 0.29) is 23.4 Å². The summed E-state index contributed by atoms with van der Waals surface area (Å²) < 4.78 is 29.6. The molecule has 0 aromatic heterocycles. The first-order valence-electron chi connectivity index (χ1n) is 12.6. The summed E-state index contributed by atoms with van der Waals surface area (Å²) in [4.78, 5) is 28.8. The topological polar surface area (TPSA) is 86.8 Å². The van der Waals surface area contributed by atoms with Gasteiger partial charge in [0, 0.05) is 16.2 Å². The van der Waals surface area contributed by atoms with Gasteiger partial charge in [0.05, 0.1) is 10.6 Å². The van der Waals surface area contributed by atoms with Crippen LogP contribution in [0.5, 0.6) is 0 Å². The molecule has 7 nitrogen and oxygen atoms in total. The van der Waals surface area contributed by atoms with E-state index in [1.165, 1.54) is 17.0 Å². The first-order valence-corrected chi connectivity index (χ1v) is 15.2. The molecule has 0 spiro atoms. The minimum atomic E-state index is -4.06. The molecule has 0 bridgehead atoms. The van der Waals surface area contributed by atoms with Crippen LogP contribution in [0.25, 0.3) is 0 Å². The van der Waals surface area contributed by atoms with Gasteiger partial charge in [-0.05, 0) is 84.3 Å². The first kappa shape index (κ1) is 29.6. The largest absolute Gasteiger partial charge is 0.352 e. The molecule has 2 atom stereocenters.